The molecule has 2 aromatic heterocycles. The van der Waals surface area contributed by atoms with Gasteiger partial charge in [-0.2, -0.15) is 0 Å². The summed E-state index contributed by atoms with van der Waals surface area (Å²) in [7, 11) is 0. The number of hydrogen-bond acceptors (Lipinski definition) is 5. The molecule has 1 amide bonds. The number of carbonyl (C=O) groups is 1. The molecule has 0 aliphatic carbocycles. The van der Waals surface area contributed by atoms with Gasteiger partial charge in [-0.25, -0.2) is 9.97 Å². The maximum atomic E-state index is 12.2. The van der Waals surface area contributed by atoms with Crippen molar-refractivity contribution in [3.8, 4) is 0 Å². The number of H-pyrrole nitrogens is 1. The van der Waals surface area contributed by atoms with Gasteiger partial charge in [-0.3, -0.25) is 4.79 Å². The number of para-hydroxylation sites is 2. The molecule has 22 heavy (non-hydrogen) atoms. The van der Waals surface area contributed by atoms with Gasteiger partial charge < -0.3 is 16.0 Å². The monoisotopic (exact) mass is 315 g/mol. The van der Waals surface area contributed by atoms with Crippen LogP contribution < -0.4 is 11.1 Å². The summed E-state index contributed by atoms with van der Waals surface area (Å²) in [6.45, 7) is 2.42. The van der Waals surface area contributed by atoms with Crippen LogP contribution in [0.3, 0.4) is 0 Å². The van der Waals surface area contributed by atoms with E-state index in [9.17, 15) is 4.79 Å². The molecule has 0 radical (unpaired) electrons. The number of aromatic amines is 1. The molecule has 6 nitrogen and oxygen atoms in total. The molecule has 1 atom stereocenters. The normalized spacial score (nSPS) is 12.5. The van der Waals surface area contributed by atoms with Crippen LogP contribution in [0.25, 0.3) is 11.0 Å². The van der Waals surface area contributed by atoms with E-state index >= 15 is 0 Å². The van der Waals surface area contributed by atoms with E-state index in [2.05, 4.69) is 20.3 Å². The van der Waals surface area contributed by atoms with Gasteiger partial charge in [-0.1, -0.05) is 12.1 Å². The van der Waals surface area contributed by atoms with Crippen LogP contribution in [0, 0.1) is 0 Å². The van der Waals surface area contributed by atoms with Crippen LogP contribution >= 0.6 is 11.3 Å². The van der Waals surface area contributed by atoms with Gasteiger partial charge in [-0.05, 0) is 25.6 Å². The zero-order chi connectivity index (χ0) is 15.5. The topological polar surface area (TPSA) is 96.7 Å². The Morgan fingerprint density at radius 3 is 3.00 bits per heavy atom. The molecular weight excluding hydrogens is 298 g/mol. The largest absolute Gasteiger partial charge is 0.341 e. The van der Waals surface area contributed by atoms with E-state index in [1.807, 2.05) is 31.2 Å². The number of rotatable bonds is 5. The van der Waals surface area contributed by atoms with E-state index in [-0.39, 0.29) is 11.9 Å². The van der Waals surface area contributed by atoms with Crippen LogP contribution in [-0.4, -0.2) is 27.4 Å². The Hall–Kier alpha value is -2.25. The second kappa shape index (κ2) is 6.25. The van der Waals surface area contributed by atoms with Crippen molar-refractivity contribution >= 4 is 28.3 Å². The second-order valence-electron chi connectivity index (χ2n) is 5.00. The van der Waals surface area contributed by atoms with Gasteiger partial charge in [0.2, 0.25) is 0 Å². The number of carbonyl (C=O) groups excluding carboxylic acids is 1. The Balaban J connectivity index is 1.72. The van der Waals surface area contributed by atoms with Crippen LogP contribution in [0.4, 0.5) is 0 Å². The van der Waals surface area contributed by atoms with Crippen molar-refractivity contribution in [3.05, 3.63) is 46.2 Å². The van der Waals surface area contributed by atoms with E-state index in [4.69, 9.17) is 5.73 Å². The fourth-order valence-electron chi connectivity index (χ4n) is 2.17. The summed E-state index contributed by atoms with van der Waals surface area (Å²) < 4.78 is 0. The smallest absolute Gasteiger partial charge is 0.271 e. The van der Waals surface area contributed by atoms with Gasteiger partial charge in [0.15, 0.2) is 0 Å². The second-order valence-corrected chi connectivity index (χ2v) is 5.94. The van der Waals surface area contributed by atoms with Crippen molar-refractivity contribution in [1.29, 1.82) is 0 Å². The van der Waals surface area contributed by atoms with Crippen molar-refractivity contribution in [2.24, 2.45) is 5.73 Å². The first-order chi connectivity index (χ1) is 10.7. The molecule has 0 bridgehead atoms. The third-order valence-corrected chi connectivity index (χ3v) is 4.22. The molecule has 0 spiro atoms. The number of aromatic nitrogens is 3. The fraction of sp³-hybridized carbons (Fsp3) is 0.267. The molecule has 1 unspecified atom stereocenters. The molecule has 3 rings (SSSR count). The minimum absolute atomic E-state index is 0.201. The van der Waals surface area contributed by atoms with E-state index in [0.717, 1.165) is 21.9 Å². The number of nitrogens with one attached hydrogen (secondary N) is 2. The summed E-state index contributed by atoms with van der Waals surface area (Å²) in [5.41, 5.74) is 7.76. The zero-order valence-corrected chi connectivity index (χ0v) is 13.0. The minimum Gasteiger partial charge on any atom is -0.341 e. The van der Waals surface area contributed by atoms with Crippen molar-refractivity contribution < 1.29 is 4.79 Å². The van der Waals surface area contributed by atoms with Crippen molar-refractivity contribution in [1.82, 2.24) is 20.3 Å². The van der Waals surface area contributed by atoms with Gasteiger partial charge in [0.1, 0.15) is 11.5 Å². The molecule has 0 fully saturated rings. The number of imidazole rings is 1. The highest BCUT2D eigenvalue weighted by Gasteiger charge is 2.16. The Morgan fingerprint density at radius 1 is 1.41 bits per heavy atom. The van der Waals surface area contributed by atoms with Crippen LogP contribution in [0.2, 0.25) is 0 Å². The number of hydrogen-bond donors (Lipinski definition) is 3. The predicted octanol–water partition coefficient (Wildman–Crippen LogP) is 2.01. The molecule has 0 aliphatic rings. The predicted molar refractivity (Wildman–Crippen MR) is 86.8 cm³/mol. The van der Waals surface area contributed by atoms with Crippen LogP contribution in [-0.2, 0) is 6.42 Å². The highest BCUT2D eigenvalue weighted by Crippen LogP contribution is 2.16. The first-order valence-electron chi connectivity index (χ1n) is 7.07. The van der Waals surface area contributed by atoms with E-state index in [1.165, 1.54) is 11.3 Å². The average Bonchev–Trinajstić information content (AvgIpc) is 3.13. The maximum absolute atomic E-state index is 12.2. The molecular formula is C15H17N5OS. The molecule has 4 N–H and O–H groups in total. The molecule has 1 aromatic carbocycles. The third-order valence-electron chi connectivity index (χ3n) is 3.31. The summed E-state index contributed by atoms with van der Waals surface area (Å²) in [5.74, 6) is 0.527. The number of nitrogens with two attached hydrogens (primary N) is 1. The minimum atomic E-state index is -0.223. The number of thiazole rings is 1. The SMILES string of the molecule is CC(NC(=O)c1csc(CCN)n1)c1nc2ccccc2[nH]1. The molecule has 114 valence electrons. The summed E-state index contributed by atoms with van der Waals surface area (Å²) in [4.78, 5) is 24.2. The van der Waals surface area contributed by atoms with Gasteiger partial charge in [0.05, 0.1) is 22.1 Å². The highest BCUT2D eigenvalue weighted by atomic mass is 32.1. The molecule has 2 heterocycles. The number of nitrogens with zero attached hydrogens (tertiary/aromatic N) is 2. The summed E-state index contributed by atoms with van der Waals surface area (Å²) in [6.07, 6.45) is 0.692. The maximum Gasteiger partial charge on any atom is 0.271 e. The van der Waals surface area contributed by atoms with E-state index < -0.39 is 0 Å². The molecule has 3 aromatic rings. The lowest BCUT2D eigenvalue weighted by atomic mass is 10.3. The number of amides is 1. The quantitative estimate of drug-likeness (QED) is 0.671. The fourth-order valence-corrected chi connectivity index (χ4v) is 2.96. The van der Waals surface area contributed by atoms with Crippen LogP contribution in [0.1, 0.15) is 34.3 Å². The molecule has 0 saturated heterocycles. The van der Waals surface area contributed by atoms with Gasteiger partial charge in [0, 0.05) is 11.8 Å². The number of fused-ring (bicyclic) bond motifs is 1. The molecule has 7 heteroatoms. The Labute approximate surface area is 131 Å². The average molecular weight is 315 g/mol. The lowest BCUT2D eigenvalue weighted by Crippen LogP contribution is -2.27. The van der Waals surface area contributed by atoms with E-state index in [1.54, 1.807) is 5.38 Å². The molecule has 0 aliphatic heterocycles. The molecule has 0 saturated carbocycles. The summed E-state index contributed by atoms with van der Waals surface area (Å²) in [5, 5.41) is 5.54. The zero-order valence-electron chi connectivity index (χ0n) is 12.2. The van der Waals surface area contributed by atoms with Crippen LogP contribution in [0.15, 0.2) is 29.6 Å². The first kappa shape index (κ1) is 14.7. The lowest BCUT2D eigenvalue weighted by molar-refractivity contribution is 0.0934. The van der Waals surface area contributed by atoms with Crippen LogP contribution in [0.5, 0.6) is 0 Å². The van der Waals surface area contributed by atoms with Crippen molar-refractivity contribution in [2.75, 3.05) is 6.54 Å². The van der Waals surface area contributed by atoms with Crippen molar-refractivity contribution in [3.63, 3.8) is 0 Å². The lowest BCUT2D eigenvalue weighted by Gasteiger charge is -2.09. The Morgan fingerprint density at radius 2 is 2.23 bits per heavy atom. The Kier molecular flexibility index (Phi) is 4.17. The van der Waals surface area contributed by atoms with E-state index in [0.29, 0.717) is 18.7 Å². The standard InChI is InChI=1S/C15H17N5OS/c1-9(14-19-10-4-2-3-5-11(10)20-14)17-15(21)12-8-22-13(18-12)6-7-16/h2-5,8-9H,6-7,16H2,1H3,(H,17,21)(H,19,20). The number of benzene rings is 1. The van der Waals surface area contributed by atoms with Gasteiger partial charge in [0.25, 0.3) is 5.91 Å². The van der Waals surface area contributed by atoms with Crippen molar-refractivity contribution in [2.45, 2.75) is 19.4 Å². The van der Waals surface area contributed by atoms with Gasteiger partial charge in [-0.15, -0.1) is 11.3 Å². The summed E-state index contributed by atoms with van der Waals surface area (Å²) >= 11 is 1.45. The third kappa shape index (κ3) is 3.00. The highest BCUT2D eigenvalue weighted by molar-refractivity contribution is 7.09. The Bertz CT molecular complexity index is 761. The first-order valence-corrected chi connectivity index (χ1v) is 7.95. The van der Waals surface area contributed by atoms with Gasteiger partial charge >= 0.3 is 0 Å². The summed E-state index contributed by atoms with van der Waals surface area (Å²) in [6, 6.07) is 7.55.